The first kappa shape index (κ1) is 23.2. The van der Waals surface area contributed by atoms with E-state index in [2.05, 4.69) is 10.4 Å². The number of benzene rings is 2. The Morgan fingerprint density at radius 3 is 2.50 bits per heavy atom. The molecule has 1 atom stereocenters. The number of fused-ring (bicyclic) bond motifs is 3. The predicted octanol–water partition coefficient (Wildman–Crippen LogP) is 2.38. The molecular formula is C25H27N5O4. The minimum atomic E-state index is -0.562. The molecule has 0 saturated carbocycles. The summed E-state index contributed by atoms with van der Waals surface area (Å²) in [5.74, 6) is -0.461. The van der Waals surface area contributed by atoms with Gasteiger partial charge < -0.3 is 5.32 Å². The van der Waals surface area contributed by atoms with Crippen molar-refractivity contribution in [1.29, 1.82) is 0 Å². The molecule has 1 unspecified atom stereocenters. The van der Waals surface area contributed by atoms with Gasteiger partial charge in [0.25, 0.3) is 11.5 Å². The molecule has 0 bridgehead atoms. The van der Waals surface area contributed by atoms with Gasteiger partial charge in [-0.25, -0.2) is 13.9 Å². The molecule has 0 fully saturated rings. The summed E-state index contributed by atoms with van der Waals surface area (Å²) >= 11 is 0. The number of rotatable bonds is 6. The second-order valence-electron chi connectivity index (χ2n) is 8.70. The summed E-state index contributed by atoms with van der Waals surface area (Å²) in [5, 5.41) is 7.44. The molecule has 0 spiro atoms. The fourth-order valence-corrected chi connectivity index (χ4v) is 3.99. The molecule has 9 nitrogen and oxygen atoms in total. The lowest BCUT2D eigenvalue weighted by atomic mass is 10.0. The predicted molar refractivity (Wildman–Crippen MR) is 130 cm³/mol. The fourth-order valence-electron chi connectivity index (χ4n) is 3.99. The Morgan fingerprint density at radius 1 is 1.09 bits per heavy atom. The highest BCUT2D eigenvalue weighted by Gasteiger charge is 2.20. The van der Waals surface area contributed by atoms with Gasteiger partial charge in [-0.2, -0.15) is 0 Å². The van der Waals surface area contributed by atoms with E-state index >= 15 is 0 Å². The van der Waals surface area contributed by atoms with Crippen molar-refractivity contribution in [3.8, 4) is 0 Å². The lowest BCUT2D eigenvalue weighted by molar-refractivity contribution is 0.0937. The van der Waals surface area contributed by atoms with Crippen LogP contribution in [0, 0.1) is 13.8 Å². The number of nitrogens with zero attached hydrogens (tertiary/aromatic N) is 4. The Hall–Kier alpha value is -4.01. The van der Waals surface area contributed by atoms with Crippen molar-refractivity contribution in [2.24, 2.45) is 7.05 Å². The molecule has 0 aliphatic heterocycles. The maximum absolute atomic E-state index is 13.3. The van der Waals surface area contributed by atoms with Crippen LogP contribution < -0.4 is 16.6 Å². The van der Waals surface area contributed by atoms with Crippen LogP contribution in [0.15, 0.2) is 46.0 Å². The van der Waals surface area contributed by atoms with E-state index in [9.17, 15) is 19.2 Å². The van der Waals surface area contributed by atoms with Crippen LogP contribution in [-0.4, -0.2) is 36.5 Å². The third-order valence-corrected chi connectivity index (χ3v) is 6.12. The third-order valence-electron chi connectivity index (χ3n) is 6.12. The van der Waals surface area contributed by atoms with Gasteiger partial charge >= 0.3 is 5.69 Å². The molecule has 34 heavy (non-hydrogen) atoms. The van der Waals surface area contributed by atoms with Crippen LogP contribution in [0.4, 0.5) is 0 Å². The minimum Gasteiger partial charge on any atom is -0.350 e. The summed E-state index contributed by atoms with van der Waals surface area (Å²) in [4.78, 5) is 51.8. The Labute approximate surface area is 195 Å². The summed E-state index contributed by atoms with van der Waals surface area (Å²) in [5.41, 5.74) is 2.04. The number of hydrogen-bond donors (Lipinski definition) is 1. The highest BCUT2D eigenvalue weighted by Crippen LogP contribution is 2.15. The van der Waals surface area contributed by atoms with Crippen molar-refractivity contribution >= 4 is 28.4 Å². The second-order valence-corrected chi connectivity index (χ2v) is 8.70. The molecule has 2 aromatic carbocycles. The highest BCUT2D eigenvalue weighted by molar-refractivity contribution is 5.98. The summed E-state index contributed by atoms with van der Waals surface area (Å²) in [6.45, 7) is 7.38. The fraction of sp³-hybridized carbons (Fsp3) is 0.320. The lowest BCUT2D eigenvalue weighted by Crippen LogP contribution is -2.32. The molecule has 0 aliphatic carbocycles. The molecular weight excluding hydrogens is 434 g/mol. The number of hydrogen-bond acceptors (Lipinski definition) is 5. The van der Waals surface area contributed by atoms with Crippen LogP contribution in [0.5, 0.6) is 0 Å². The second kappa shape index (κ2) is 8.74. The van der Waals surface area contributed by atoms with Gasteiger partial charge in [0.2, 0.25) is 5.78 Å². The van der Waals surface area contributed by atoms with E-state index in [1.165, 1.54) is 28.1 Å². The molecule has 9 heteroatoms. The number of ketones is 1. The van der Waals surface area contributed by atoms with Gasteiger partial charge in [-0.3, -0.25) is 19.0 Å². The van der Waals surface area contributed by atoms with Gasteiger partial charge in [0, 0.05) is 24.2 Å². The molecule has 4 aromatic rings. The molecule has 1 N–H and O–H groups in total. The average molecular weight is 462 g/mol. The number of aromatic nitrogens is 4. The SMILES string of the molecule is CCC(C)NC(=O)c1ccc2c(=O)n(C)c3nn(CC(=O)c4ccc(C)cc4C)c(=O)n3c2c1. The van der Waals surface area contributed by atoms with Gasteiger partial charge in [0.05, 0.1) is 10.9 Å². The van der Waals surface area contributed by atoms with Gasteiger partial charge in [-0.15, -0.1) is 5.10 Å². The molecule has 0 saturated heterocycles. The molecule has 1 amide bonds. The van der Waals surface area contributed by atoms with Gasteiger partial charge in [0.15, 0.2) is 5.78 Å². The number of Topliss-reactive ketones (excluding diaryl/α,β-unsaturated/α-hetero) is 1. The Bertz CT molecular complexity index is 1570. The number of carbonyl (C=O) groups is 2. The quantitative estimate of drug-likeness (QED) is 0.444. The monoisotopic (exact) mass is 461 g/mol. The molecule has 0 radical (unpaired) electrons. The first-order valence-electron chi connectivity index (χ1n) is 11.2. The zero-order valence-corrected chi connectivity index (χ0v) is 19.9. The molecule has 176 valence electrons. The van der Waals surface area contributed by atoms with E-state index < -0.39 is 5.69 Å². The van der Waals surface area contributed by atoms with E-state index in [4.69, 9.17) is 0 Å². The van der Waals surface area contributed by atoms with E-state index in [-0.39, 0.29) is 46.5 Å². The Morgan fingerprint density at radius 2 is 1.82 bits per heavy atom. The number of nitrogens with one attached hydrogen (secondary N) is 1. The number of carbonyl (C=O) groups excluding carboxylic acids is 2. The minimum absolute atomic E-state index is 0.0198. The molecule has 2 aromatic heterocycles. The first-order valence-corrected chi connectivity index (χ1v) is 11.2. The summed E-state index contributed by atoms with van der Waals surface area (Å²) in [6, 6.07) is 10.1. The van der Waals surface area contributed by atoms with Crippen LogP contribution >= 0.6 is 0 Å². The van der Waals surface area contributed by atoms with Gasteiger partial charge in [-0.05, 0) is 51.0 Å². The van der Waals surface area contributed by atoms with E-state index in [0.29, 0.717) is 11.1 Å². The zero-order valence-electron chi connectivity index (χ0n) is 19.9. The van der Waals surface area contributed by atoms with Crippen LogP contribution in [0.25, 0.3) is 16.7 Å². The molecule has 4 rings (SSSR count). The molecule has 2 heterocycles. The smallest absolute Gasteiger partial charge is 0.350 e. The van der Waals surface area contributed by atoms with Crippen molar-refractivity contribution in [3.05, 3.63) is 79.5 Å². The number of amides is 1. The maximum Gasteiger partial charge on any atom is 0.352 e. The van der Waals surface area contributed by atoms with Crippen molar-refractivity contribution in [2.45, 2.75) is 46.7 Å². The Balaban J connectivity index is 1.85. The third kappa shape index (κ3) is 3.93. The van der Waals surface area contributed by atoms with Crippen molar-refractivity contribution in [2.75, 3.05) is 0 Å². The van der Waals surface area contributed by atoms with Crippen molar-refractivity contribution in [1.82, 2.24) is 24.1 Å². The van der Waals surface area contributed by atoms with Crippen molar-refractivity contribution < 1.29 is 9.59 Å². The van der Waals surface area contributed by atoms with Crippen LogP contribution in [0.1, 0.15) is 52.1 Å². The normalized spacial score (nSPS) is 12.3. The Kier molecular flexibility index (Phi) is 5.95. The van der Waals surface area contributed by atoms with E-state index in [0.717, 1.165) is 22.2 Å². The lowest BCUT2D eigenvalue weighted by Gasteiger charge is -2.12. The average Bonchev–Trinajstić information content (AvgIpc) is 3.12. The summed E-state index contributed by atoms with van der Waals surface area (Å²) < 4.78 is 3.59. The van der Waals surface area contributed by atoms with Gasteiger partial charge in [0.1, 0.15) is 6.54 Å². The summed E-state index contributed by atoms with van der Waals surface area (Å²) in [6.07, 6.45) is 0.769. The summed E-state index contributed by atoms with van der Waals surface area (Å²) in [7, 11) is 1.52. The first-order chi connectivity index (χ1) is 16.1. The van der Waals surface area contributed by atoms with E-state index in [1.54, 1.807) is 12.1 Å². The van der Waals surface area contributed by atoms with Gasteiger partial charge in [-0.1, -0.05) is 30.7 Å². The highest BCUT2D eigenvalue weighted by atomic mass is 16.2. The van der Waals surface area contributed by atoms with Crippen LogP contribution in [-0.2, 0) is 13.6 Å². The van der Waals surface area contributed by atoms with Crippen LogP contribution in [0.3, 0.4) is 0 Å². The van der Waals surface area contributed by atoms with Crippen molar-refractivity contribution in [3.63, 3.8) is 0 Å². The largest absolute Gasteiger partial charge is 0.352 e. The molecule has 0 aliphatic rings. The zero-order chi connectivity index (χ0) is 24.7. The standard InChI is InChI=1S/C25H27N5O4/c1-6-16(4)26-22(32)17-8-10-19-20(12-17)30-24(28(5)23(19)33)27-29(25(30)34)13-21(31)18-9-7-14(2)11-15(18)3/h7-12,16H,6,13H2,1-5H3,(H,26,32). The van der Waals surface area contributed by atoms with E-state index in [1.807, 2.05) is 39.8 Å². The van der Waals surface area contributed by atoms with Crippen LogP contribution in [0.2, 0.25) is 0 Å². The number of aryl methyl sites for hydroxylation is 3. The topological polar surface area (TPSA) is 107 Å². The maximum atomic E-state index is 13.3.